The minimum Gasteiger partial charge on any atom is -0.457 e. The highest BCUT2D eigenvalue weighted by Crippen LogP contribution is 2.33. The quantitative estimate of drug-likeness (QED) is 0.363. The number of ether oxygens (including phenoxy) is 1. The number of thiazole rings is 1. The summed E-state index contributed by atoms with van der Waals surface area (Å²) in [5.41, 5.74) is 3.69. The van der Waals surface area contributed by atoms with E-state index in [1.54, 1.807) is 11.5 Å². The molecule has 36 heavy (non-hydrogen) atoms. The van der Waals surface area contributed by atoms with Crippen LogP contribution in [-0.4, -0.2) is 24.6 Å². The first kappa shape index (κ1) is 24.0. The van der Waals surface area contributed by atoms with Crippen LogP contribution < -0.4 is 19.8 Å². The van der Waals surface area contributed by atoms with Crippen LogP contribution in [0.25, 0.3) is 6.08 Å². The van der Waals surface area contributed by atoms with Crippen molar-refractivity contribution in [2.45, 2.75) is 19.6 Å². The van der Waals surface area contributed by atoms with Crippen molar-refractivity contribution in [3.05, 3.63) is 119 Å². The average Bonchev–Trinajstić information content (AvgIpc) is 3.51. The van der Waals surface area contributed by atoms with E-state index in [1.807, 2.05) is 97.2 Å². The van der Waals surface area contributed by atoms with Gasteiger partial charge in [0.05, 0.1) is 15.8 Å². The predicted molar refractivity (Wildman–Crippen MR) is 145 cm³/mol. The number of carbonyl (C=O) groups excluding carboxylic acids is 1. The number of benzene rings is 2. The third kappa shape index (κ3) is 4.69. The molecule has 1 unspecified atom stereocenters. The normalized spacial score (nSPS) is 15.4. The zero-order chi connectivity index (χ0) is 25.2. The number of esters is 1. The average molecular weight is 516 g/mol. The fourth-order valence-corrected chi connectivity index (χ4v) is 5.99. The summed E-state index contributed by atoms with van der Waals surface area (Å²) in [6.07, 6.45) is 1.88. The lowest BCUT2D eigenvalue weighted by molar-refractivity contribution is -0.140. The van der Waals surface area contributed by atoms with E-state index in [-0.39, 0.29) is 12.2 Å². The van der Waals surface area contributed by atoms with Gasteiger partial charge >= 0.3 is 5.97 Å². The van der Waals surface area contributed by atoms with Crippen molar-refractivity contribution in [1.82, 2.24) is 4.57 Å². The number of allylic oxidation sites excluding steroid dienone is 1. The van der Waals surface area contributed by atoms with E-state index >= 15 is 0 Å². The van der Waals surface area contributed by atoms with E-state index in [0.717, 1.165) is 21.7 Å². The van der Waals surface area contributed by atoms with Gasteiger partial charge in [0.15, 0.2) is 4.80 Å². The molecule has 2 aromatic heterocycles. The number of aromatic nitrogens is 1. The number of hydrogen-bond donors (Lipinski definition) is 0. The Morgan fingerprint density at radius 1 is 1.08 bits per heavy atom. The molecule has 3 heterocycles. The monoisotopic (exact) mass is 515 g/mol. The molecule has 0 spiro atoms. The number of carbonyl (C=O) groups is 1. The van der Waals surface area contributed by atoms with E-state index in [2.05, 4.69) is 4.99 Å². The Balaban J connectivity index is 1.55. The molecule has 2 aromatic carbocycles. The molecule has 0 saturated carbocycles. The minimum atomic E-state index is -0.581. The van der Waals surface area contributed by atoms with Crippen LogP contribution in [0.2, 0.25) is 0 Å². The van der Waals surface area contributed by atoms with Crippen molar-refractivity contribution in [3.63, 3.8) is 0 Å². The summed E-state index contributed by atoms with van der Waals surface area (Å²) in [6, 6.07) is 20.8. The zero-order valence-electron chi connectivity index (χ0n) is 20.2. The van der Waals surface area contributed by atoms with Gasteiger partial charge in [-0.3, -0.25) is 9.36 Å². The smallest absolute Gasteiger partial charge is 0.338 e. The fourth-order valence-electron chi connectivity index (χ4n) is 4.12. The Bertz CT molecular complexity index is 1600. The van der Waals surface area contributed by atoms with Crippen molar-refractivity contribution >= 4 is 40.4 Å². The first-order valence-electron chi connectivity index (χ1n) is 11.5. The lowest BCUT2D eigenvalue weighted by Gasteiger charge is -2.23. The summed E-state index contributed by atoms with van der Waals surface area (Å²) in [4.78, 5) is 35.1. The van der Waals surface area contributed by atoms with Crippen LogP contribution in [0.15, 0.2) is 93.2 Å². The molecule has 0 radical (unpaired) electrons. The van der Waals surface area contributed by atoms with Gasteiger partial charge in [0.25, 0.3) is 5.56 Å². The van der Waals surface area contributed by atoms with Crippen LogP contribution in [0.3, 0.4) is 0 Å². The lowest BCUT2D eigenvalue weighted by Crippen LogP contribution is -2.39. The summed E-state index contributed by atoms with van der Waals surface area (Å²) >= 11 is 2.84. The first-order chi connectivity index (χ1) is 17.4. The second-order valence-electron chi connectivity index (χ2n) is 8.64. The maximum Gasteiger partial charge on any atom is 0.338 e. The molecular weight excluding hydrogens is 490 g/mol. The van der Waals surface area contributed by atoms with Crippen molar-refractivity contribution in [2.24, 2.45) is 4.99 Å². The molecule has 0 saturated heterocycles. The standard InChI is InChI=1S/C28H25N3O3S2/c1-18-24(27(33)34-17-20-8-5-4-6-9-20)25(22-10-7-15-35-22)31-26(32)23(36-28(31)29-18)16-19-11-13-21(14-12-19)30(2)3/h4-16,25H,17H2,1-3H3/b23-16+. The van der Waals surface area contributed by atoms with E-state index < -0.39 is 12.0 Å². The molecule has 0 N–H and O–H groups in total. The molecule has 4 aromatic rings. The summed E-state index contributed by atoms with van der Waals surface area (Å²) in [5, 5.41) is 1.94. The topological polar surface area (TPSA) is 63.9 Å². The van der Waals surface area contributed by atoms with E-state index in [1.165, 1.54) is 22.7 Å². The molecule has 5 rings (SSSR count). The van der Waals surface area contributed by atoms with Gasteiger partial charge in [-0.25, -0.2) is 9.79 Å². The van der Waals surface area contributed by atoms with Crippen LogP contribution in [0, 0.1) is 0 Å². The van der Waals surface area contributed by atoms with Crippen molar-refractivity contribution < 1.29 is 9.53 Å². The number of fused-ring (bicyclic) bond motifs is 1. The molecular formula is C28H25N3O3S2. The first-order valence-corrected chi connectivity index (χ1v) is 13.2. The van der Waals surface area contributed by atoms with Gasteiger partial charge in [0.1, 0.15) is 12.6 Å². The van der Waals surface area contributed by atoms with Crippen LogP contribution in [-0.2, 0) is 16.1 Å². The van der Waals surface area contributed by atoms with Crippen LogP contribution in [0.1, 0.15) is 29.0 Å². The van der Waals surface area contributed by atoms with Crippen molar-refractivity contribution in [3.8, 4) is 0 Å². The number of thiophene rings is 1. The van der Waals surface area contributed by atoms with Gasteiger partial charge in [-0.1, -0.05) is 59.9 Å². The maximum absolute atomic E-state index is 13.7. The summed E-state index contributed by atoms with van der Waals surface area (Å²) in [6.45, 7) is 1.96. The Hall–Kier alpha value is -3.75. The molecule has 0 fully saturated rings. The largest absolute Gasteiger partial charge is 0.457 e. The highest BCUT2D eigenvalue weighted by atomic mass is 32.1. The number of nitrogens with zero attached hydrogens (tertiary/aromatic N) is 3. The van der Waals surface area contributed by atoms with Crippen LogP contribution in [0.5, 0.6) is 0 Å². The van der Waals surface area contributed by atoms with Gasteiger partial charge in [-0.05, 0) is 47.7 Å². The van der Waals surface area contributed by atoms with Gasteiger partial charge in [0, 0.05) is 24.7 Å². The zero-order valence-corrected chi connectivity index (χ0v) is 21.8. The van der Waals surface area contributed by atoms with E-state index in [4.69, 9.17) is 4.74 Å². The SMILES string of the molecule is CC1=C(C(=O)OCc2ccccc2)C(c2cccs2)n2c(s/c(=C/c3ccc(N(C)C)cc3)c2=O)=N1. The van der Waals surface area contributed by atoms with Crippen molar-refractivity contribution in [2.75, 3.05) is 19.0 Å². The van der Waals surface area contributed by atoms with Gasteiger partial charge in [-0.2, -0.15) is 0 Å². The summed E-state index contributed by atoms with van der Waals surface area (Å²) in [7, 11) is 3.98. The highest BCUT2D eigenvalue weighted by Gasteiger charge is 2.34. The molecule has 1 aliphatic heterocycles. The summed E-state index contributed by atoms with van der Waals surface area (Å²) in [5.74, 6) is -0.466. The van der Waals surface area contributed by atoms with Crippen LogP contribution >= 0.6 is 22.7 Å². The van der Waals surface area contributed by atoms with Crippen LogP contribution in [0.4, 0.5) is 5.69 Å². The summed E-state index contributed by atoms with van der Waals surface area (Å²) < 4.78 is 7.87. The molecule has 1 aliphatic rings. The minimum absolute atomic E-state index is 0.154. The molecule has 0 aliphatic carbocycles. The second-order valence-corrected chi connectivity index (χ2v) is 10.6. The number of anilines is 1. The van der Waals surface area contributed by atoms with Gasteiger partial charge in [0.2, 0.25) is 0 Å². The van der Waals surface area contributed by atoms with E-state index in [9.17, 15) is 9.59 Å². The second kappa shape index (κ2) is 10.1. The number of rotatable bonds is 6. The van der Waals surface area contributed by atoms with Crippen molar-refractivity contribution in [1.29, 1.82) is 0 Å². The Kier molecular flexibility index (Phi) is 6.71. The fraction of sp³-hybridized carbons (Fsp3) is 0.179. The molecule has 8 heteroatoms. The molecule has 182 valence electrons. The third-order valence-corrected chi connectivity index (χ3v) is 7.88. The van der Waals surface area contributed by atoms with Gasteiger partial charge < -0.3 is 9.64 Å². The Morgan fingerprint density at radius 3 is 2.50 bits per heavy atom. The maximum atomic E-state index is 13.7. The Morgan fingerprint density at radius 2 is 1.83 bits per heavy atom. The molecule has 0 amide bonds. The predicted octanol–water partition coefficient (Wildman–Crippen LogP) is 4.11. The third-order valence-electron chi connectivity index (χ3n) is 5.97. The van der Waals surface area contributed by atoms with E-state index in [0.29, 0.717) is 20.6 Å². The molecule has 6 nitrogen and oxygen atoms in total. The highest BCUT2D eigenvalue weighted by molar-refractivity contribution is 7.10. The Labute approximate surface area is 216 Å². The number of hydrogen-bond acceptors (Lipinski definition) is 7. The molecule has 0 bridgehead atoms. The molecule has 1 atom stereocenters. The van der Waals surface area contributed by atoms with Gasteiger partial charge in [-0.15, -0.1) is 11.3 Å². The lowest BCUT2D eigenvalue weighted by atomic mass is 10.0.